The summed E-state index contributed by atoms with van der Waals surface area (Å²) in [6.07, 6.45) is 2.37. The molecule has 1 saturated carbocycles. The molecule has 0 bridgehead atoms. The Morgan fingerprint density at radius 3 is 2.48 bits per heavy atom. The molecule has 1 aliphatic carbocycles. The van der Waals surface area contributed by atoms with Crippen molar-refractivity contribution in [3.8, 4) is 0 Å². The Hall–Kier alpha value is -0.580. The Labute approximate surface area is 132 Å². The highest BCUT2D eigenvalue weighted by atomic mass is 35.5. The van der Waals surface area contributed by atoms with E-state index in [1.54, 1.807) is 18.2 Å². The quantitative estimate of drug-likeness (QED) is 0.900. The minimum Gasteiger partial charge on any atom is -0.327 e. The molecule has 0 amide bonds. The van der Waals surface area contributed by atoms with Gasteiger partial charge < -0.3 is 5.73 Å². The maximum absolute atomic E-state index is 12.9. The molecular weight excluding hydrogens is 306 g/mol. The van der Waals surface area contributed by atoms with Gasteiger partial charge in [0.25, 0.3) is 0 Å². The number of rotatable bonds is 2. The van der Waals surface area contributed by atoms with E-state index >= 15 is 0 Å². The van der Waals surface area contributed by atoms with E-state index in [1.807, 2.05) is 0 Å². The van der Waals surface area contributed by atoms with Crippen molar-refractivity contribution in [2.24, 2.45) is 17.1 Å². The van der Waals surface area contributed by atoms with Crippen molar-refractivity contribution in [1.29, 1.82) is 0 Å². The average Bonchev–Trinajstić information content (AvgIpc) is 2.37. The van der Waals surface area contributed by atoms with Crippen molar-refractivity contribution in [3.05, 3.63) is 29.3 Å². The predicted molar refractivity (Wildman–Crippen MR) is 87.2 cm³/mol. The van der Waals surface area contributed by atoms with E-state index in [0.717, 1.165) is 12.8 Å². The fraction of sp³-hybridized carbons (Fsp3) is 0.625. The molecule has 118 valence electrons. The van der Waals surface area contributed by atoms with E-state index in [1.165, 1.54) is 6.07 Å². The van der Waals surface area contributed by atoms with Crippen LogP contribution in [0.25, 0.3) is 0 Å². The van der Waals surface area contributed by atoms with Crippen LogP contribution in [0.5, 0.6) is 0 Å². The summed E-state index contributed by atoms with van der Waals surface area (Å²) >= 11 is 5.93. The van der Waals surface area contributed by atoms with E-state index in [9.17, 15) is 8.42 Å². The molecule has 0 aromatic heterocycles. The molecule has 1 aromatic carbocycles. The van der Waals surface area contributed by atoms with Crippen LogP contribution in [-0.4, -0.2) is 19.7 Å². The highest BCUT2D eigenvalue weighted by Gasteiger charge is 2.41. The number of nitrogens with two attached hydrogens (primary N) is 1. The molecule has 1 aromatic rings. The van der Waals surface area contributed by atoms with E-state index in [-0.39, 0.29) is 16.4 Å². The van der Waals surface area contributed by atoms with Gasteiger partial charge in [0.2, 0.25) is 0 Å². The van der Waals surface area contributed by atoms with Gasteiger partial charge >= 0.3 is 0 Å². The molecule has 1 fully saturated rings. The molecular formula is C16H24ClNO2S. The SMILES string of the molecule is CC(C)(C)C1CCC(N)C(S(=O)(=O)c2cccc(Cl)c2)C1. The van der Waals surface area contributed by atoms with Crippen LogP contribution in [0.2, 0.25) is 5.02 Å². The Morgan fingerprint density at radius 1 is 1.24 bits per heavy atom. The molecule has 5 heteroatoms. The van der Waals surface area contributed by atoms with Crippen LogP contribution in [0.3, 0.4) is 0 Å². The third kappa shape index (κ3) is 3.61. The first-order valence-electron chi connectivity index (χ1n) is 7.37. The Balaban J connectivity index is 2.34. The number of benzene rings is 1. The highest BCUT2D eigenvalue weighted by molar-refractivity contribution is 7.92. The Morgan fingerprint density at radius 2 is 1.90 bits per heavy atom. The molecule has 21 heavy (non-hydrogen) atoms. The fourth-order valence-electron chi connectivity index (χ4n) is 3.11. The van der Waals surface area contributed by atoms with Crippen molar-refractivity contribution >= 4 is 21.4 Å². The lowest BCUT2D eigenvalue weighted by atomic mass is 9.71. The van der Waals surface area contributed by atoms with Crippen LogP contribution in [0, 0.1) is 11.3 Å². The van der Waals surface area contributed by atoms with Gasteiger partial charge in [0.1, 0.15) is 0 Å². The lowest BCUT2D eigenvalue weighted by Crippen LogP contribution is -2.47. The molecule has 3 atom stereocenters. The predicted octanol–water partition coefficient (Wildman–Crippen LogP) is 3.66. The molecule has 1 aliphatic rings. The number of halogens is 1. The molecule has 0 saturated heterocycles. The van der Waals surface area contributed by atoms with Gasteiger partial charge in [-0.3, -0.25) is 0 Å². The number of sulfone groups is 1. The van der Waals surface area contributed by atoms with Crippen LogP contribution in [0.4, 0.5) is 0 Å². The first-order chi connectivity index (χ1) is 9.62. The molecule has 2 N–H and O–H groups in total. The van der Waals surface area contributed by atoms with Gasteiger partial charge in [0.15, 0.2) is 9.84 Å². The van der Waals surface area contributed by atoms with Crippen LogP contribution in [0.1, 0.15) is 40.0 Å². The maximum Gasteiger partial charge on any atom is 0.182 e. The van der Waals surface area contributed by atoms with E-state index in [4.69, 9.17) is 17.3 Å². The summed E-state index contributed by atoms with van der Waals surface area (Å²) in [5, 5.41) is -0.0817. The van der Waals surface area contributed by atoms with Gasteiger partial charge in [-0.15, -0.1) is 0 Å². The molecule has 3 nitrogen and oxygen atoms in total. The van der Waals surface area contributed by atoms with Crippen molar-refractivity contribution < 1.29 is 8.42 Å². The van der Waals surface area contributed by atoms with Gasteiger partial charge in [0.05, 0.1) is 10.1 Å². The first-order valence-corrected chi connectivity index (χ1v) is 9.30. The monoisotopic (exact) mass is 329 g/mol. The van der Waals surface area contributed by atoms with Crippen molar-refractivity contribution in [1.82, 2.24) is 0 Å². The second kappa shape index (κ2) is 5.90. The van der Waals surface area contributed by atoms with Crippen LogP contribution in [0.15, 0.2) is 29.2 Å². The molecule has 0 spiro atoms. The first kappa shape index (κ1) is 16.8. The van der Waals surface area contributed by atoms with Gasteiger partial charge in [-0.2, -0.15) is 0 Å². The summed E-state index contributed by atoms with van der Waals surface area (Å²) < 4.78 is 25.8. The average molecular weight is 330 g/mol. The Kier molecular flexibility index (Phi) is 4.72. The molecule has 0 radical (unpaired) electrons. The third-order valence-corrected chi connectivity index (χ3v) is 7.08. The van der Waals surface area contributed by atoms with Crippen molar-refractivity contribution in [2.45, 2.75) is 56.2 Å². The normalized spacial score (nSPS) is 27.6. The molecule has 0 heterocycles. The molecule has 2 rings (SSSR count). The zero-order chi connectivity index (χ0) is 15.8. The summed E-state index contributed by atoms with van der Waals surface area (Å²) in [7, 11) is -3.44. The minimum absolute atomic E-state index is 0.0994. The second-order valence-corrected chi connectivity index (χ2v) is 9.68. The van der Waals surface area contributed by atoms with Crippen LogP contribution < -0.4 is 5.73 Å². The van der Waals surface area contributed by atoms with E-state index in [0.29, 0.717) is 17.4 Å². The fourth-order valence-corrected chi connectivity index (χ4v) is 5.36. The number of hydrogen-bond acceptors (Lipinski definition) is 3. The summed E-state index contributed by atoms with van der Waals surface area (Å²) in [4.78, 5) is 0.282. The van der Waals surface area contributed by atoms with Crippen molar-refractivity contribution in [2.75, 3.05) is 0 Å². The van der Waals surface area contributed by atoms with Gasteiger partial charge in [-0.05, 0) is 48.8 Å². The number of hydrogen-bond donors (Lipinski definition) is 1. The Bertz CT molecular complexity index is 607. The zero-order valence-corrected chi connectivity index (χ0v) is 14.4. The molecule has 0 aliphatic heterocycles. The third-order valence-electron chi connectivity index (χ3n) is 4.59. The molecule has 3 unspecified atom stereocenters. The van der Waals surface area contributed by atoms with E-state index < -0.39 is 15.1 Å². The lowest BCUT2D eigenvalue weighted by Gasteiger charge is -2.40. The largest absolute Gasteiger partial charge is 0.327 e. The minimum atomic E-state index is -3.44. The van der Waals surface area contributed by atoms with E-state index in [2.05, 4.69) is 20.8 Å². The summed E-state index contributed by atoms with van der Waals surface area (Å²) in [6, 6.07) is 6.18. The zero-order valence-electron chi connectivity index (χ0n) is 12.8. The summed E-state index contributed by atoms with van der Waals surface area (Å²) in [5.41, 5.74) is 6.23. The standard InChI is InChI=1S/C16H24ClNO2S/c1-16(2,3)11-7-8-14(18)15(9-11)21(19,20)13-6-4-5-12(17)10-13/h4-6,10-11,14-15H,7-9,18H2,1-3H3. The van der Waals surface area contributed by atoms with Crippen LogP contribution >= 0.6 is 11.6 Å². The van der Waals surface area contributed by atoms with Gasteiger partial charge in [-0.25, -0.2) is 8.42 Å². The summed E-state index contributed by atoms with van der Waals surface area (Å²) in [5.74, 6) is 0.372. The van der Waals surface area contributed by atoms with Gasteiger partial charge in [0, 0.05) is 11.1 Å². The lowest BCUT2D eigenvalue weighted by molar-refractivity contribution is 0.171. The highest BCUT2D eigenvalue weighted by Crippen LogP contribution is 2.40. The summed E-state index contributed by atoms with van der Waals surface area (Å²) in [6.45, 7) is 6.49. The smallest absolute Gasteiger partial charge is 0.182 e. The topological polar surface area (TPSA) is 60.2 Å². The van der Waals surface area contributed by atoms with Gasteiger partial charge in [-0.1, -0.05) is 38.4 Å². The van der Waals surface area contributed by atoms with Crippen LogP contribution in [-0.2, 0) is 9.84 Å². The maximum atomic E-state index is 12.9. The second-order valence-electron chi connectivity index (χ2n) is 7.08. The van der Waals surface area contributed by atoms with Crippen molar-refractivity contribution in [3.63, 3.8) is 0 Å².